The van der Waals surface area contributed by atoms with E-state index in [2.05, 4.69) is 31.2 Å². The molecule has 0 saturated heterocycles. The molecule has 0 radical (unpaired) electrons. The van der Waals surface area contributed by atoms with Gasteiger partial charge in [-0.05, 0) is 58.5 Å². The van der Waals surface area contributed by atoms with E-state index in [-0.39, 0.29) is 0 Å². The fraction of sp³-hybridized carbons (Fsp3) is 1.00. The van der Waals surface area contributed by atoms with Gasteiger partial charge in [-0.25, -0.2) is 0 Å². The van der Waals surface area contributed by atoms with Gasteiger partial charge >= 0.3 is 0 Å². The predicted octanol–water partition coefficient (Wildman–Crippen LogP) is 1.71. The van der Waals surface area contributed by atoms with Gasteiger partial charge < -0.3 is 10.2 Å². The zero-order valence-electron chi connectivity index (χ0n) is 9.79. The van der Waals surface area contributed by atoms with Gasteiger partial charge in [-0.15, -0.1) is 0 Å². The quantitative estimate of drug-likeness (QED) is 0.696. The van der Waals surface area contributed by atoms with E-state index in [1.54, 1.807) is 0 Å². The lowest BCUT2D eigenvalue weighted by molar-refractivity contribution is 0.205. The van der Waals surface area contributed by atoms with Crippen LogP contribution in [0.5, 0.6) is 0 Å². The van der Waals surface area contributed by atoms with Crippen LogP contribution in [0.15, 0.2) is 0 Å². The summed E-state index contributed by atoms with van der Waals surface area (Å²) in [7, 11) is 4.40. The first-order valence-electron chi connectivity index (χ1n) is 6.10. The van der Waals surface area contributed by atoms with Gasteiger partial charge in [0.25, 0.3) is 0 Å². The van der Waals surface area contributed by atoms with Crippen molar-refractivity contribution in [3.05, 3.63) is 0 Å². The van der Waals surface area contributed by atoms with Crippen molar-refractivity contribution in [2.45, 2.75) is 44.7 Å². The lowest BCUT2D eigenvalue weighted by Gasteiger charge is -2.29. The van der Waals surface area contributed by atoms with Crippen molar-refractivity contribution in [1.82, 2.24) is 10.2 Å². The zero-order chi connectivity index (χ0) is 10.1. The maximum Gasteiger partial charge on any atom is 0.0220 e. The fourth-order valence-corrected chi connectivity index (χ4v) is 2.39. The Morgan fingerprint density at radius 2 is 1.79 bits per heavy atom. The molecule has 2 aliphatic carbocycles. The Morgan fingerprint density at radius 3 is 2.21 bits per heavy atom. The molecule has 0 aromatic heterocycles. The number of hydrogen-bond acceptors (Lipinski definition) is 2. The lowest BCUT2D eigenvalue weighted by atomic mass is 10.1. The summed E-state index contributed by atoms with van der Waals surface area (Å²) in [6.07, 6.45) is 5.80. The summed E-state index contributed by atoms with van der Waals surface area (Å²) in [4.78, 5) is 2.55. The first-order valence-corrected chi connectivity index (χ1v) is 6.10. The summed E-state index contributed by atoms with van der Waals surface area (Å²) < 4.78 is 0. The van der Waals surface area contributed by atoms with Crippen LogP contribution in [0.1, 0.15) is 32.6 Å². The highest BCUT2D eigenvalue weighted by molar-refractivity contribution is 4.90. The standard InChI is InChI=1S/C12H24N2/c1-9(10-4-5-10)14(3)8-12(13-2)11-6-7-11/h9-13H,4-8H2,1-3H3. The minimum atomic E-state index is 0.737. The SMILES string of the molecule is CNC(CN(C)C(C)C1CC1)C1CC1. The smallest absolute Gasteiger partial charge is 0.0220 e. The topological polar surface area (TPSA) is 15.3 Å². The summed E-state index contributed by atoms with van der Waals surface area (Å²) in [6.45, 7) is 3.62. The van der Waals surface area contributed by atoms with Crippen molar-refractivity contribution in [2.75, 3.05) is 20.6 Å². The summed E-state index contributed by atoms with van der Waals surface area (Å²) in [5.74, 6) is 1.96. The third-order valence-corrected chi connectivity index (χ3v) is 4.05. The molecule has 0 aromatic carbocycles. The van der Waals surface area contributed by atoms with Gasteiger partial charge in [0.2, 0.25) is 0 Å². The molecule has 14 heavy (non-hydrogen) atoms. The first-order chi connectivity index (χ1) is 6.72. The highest BCUT2D eigenvalue weighted by atomic mass is 15.2. The Morgan fingerprint density at radius 1 is 1.21 bits per heavy atom. The van der Waals surface area contributed by atoms with Crippen molar-refractivity contribution < 1.29 is 0 Å². The molecule has 2 rings (SSSR count). The van der Waals surface area contributed by atoms with Crippen LogP contribution in [0.2, 0.25) is 0 Å². The van der Waals surface area contributed by atoms with Crippen molar-refractivity contribution >= 4 is 0 Å². The van der Waals surface area contributed by atoms with E-state index in [4.69, 9.17) is 0 Å². The van der Waals surface area contributed by atoms with Crippen molar-refractivity contribution in [1.29, 1.82) is 0 Å². The maximum absolute atomic E-state index is 3.47. The van der Waals surface area contributed by atoms with Gasteiger partial charge in [0.15, 0.2) is 0 Å². The Kier molecular flexibility index (Phi) is 3.13. The van der Waals surface area contributed by atoms with Crippen LogP contribution in [0.25, 0.3) is 0 Å². The van der Waals surface area contributed by atoms with E-state index in [1.165, 1.54) is 32.2 Å². The molecule has 2 heteroatoms. The average Bonchev–Trinajstić information content (AvgIpc) is 3.05. The second kappa shape index (κ2) is 4.19. The number of nitrogens with zero attached hydrogens (tertiary/aromatic N) is 1. The van der Waals surface area contributed by atoms with Gasteiger partial charge in [-0.2, -0.15) is 0 Å². The van der Waals surface area contributed by atoms with Gasteiger partial charge in [0, 0.05) is 18.6 Å². The minimum Gasteiger partial charge on any atom is -0.315 e. The van der Waals surface area contributed by atoms with Crippen molar-refractivity contribution in [3.63, 3.8) is 0 Å². The predicted molar refractivity (Wildman–Crippen MR) is 60.4 cm³/mol. The summed E-state index contributed by atoms with van der Waals surface area (Å²) >= 11 is 0. The van der Waals surface area contributed by atoms with Crippen LogP contribution in [0.4, 0.5) is 0 Å². The lowest BCUT2D eigenvalue weighted by Crippen LogP contribution is -2.43. The molecule has 0 heterocycles. The average molecular weight is 196 g/mol. The van der Waals surface area contributed by atoms with Crippen LogP contribution in [-0.4, -0.2) is 37.6 Å². The van der Waals surface area contributed by atoms with Crippen LogP contribution in [0.3, 0.4) is 0 Å². The molecule has 1 N–H and O–H groups in total. The fourth-order valence-electron chi connectivity index (χ4n) is 2.39. The molecule has 2 unspecified atom stereocenters. The summed E-state index contributed by atoms with van der Waals surface area (Å²) in [5, 5.41) is 3.47. The van der Waals surface area contributed by atoms with Crippen LogP contribution < -0.4 is 5.32 Å². The first kappa shape index (κ1) is 10.4. The molecule has 2 saturated carbocycles. The Balaban J connectivity index is 1.75. The maximum atomic E-state index is 3.47. The van der Waals surface area contributed by atoms with E-state index in [9.17, 15) is 0 Å². The molecular formula is C12H24N2. The molecule has 0 bridgehead atoms. The van der Waals surface area contributed by atoms with Crippen LogP contribution in [0, 0.1) is 11.8 Å². The molecule has 82 valence electrons. The molecule has 2 fully saturated rings. The van der Waals surface area contributed by atoms with Crippen LogP contribution in [-0.2, 0) is 0 Å². The van der Waals surface area contributed by atoms with Gasteiger partial charge in [-0.1, -0.05) is 0 Å². The van der Waals surface area contributed by atoms with E-state index in [0.717, 1.165) is 23.9 Å². The number of likely N-dealkylation sites (N-methyl/N-ethyl adjacent to an activating group) is 2. The largest absolute Gasteiger partial charge is 0.315 e. The van der Waals surface area contributed by atoms with E-state index in [0.29, 0.717) is 0 Å². The van der Waals surface area contributed by atoms with Crippen LogP contribution >= 0.6 is 0 Å². The Labute approximate surface area is 88.1 Å². The van der Waals surface area contributed by atoms with E-state index >= 15 is 0 Å². The highest BCUT2D eigenvalue weighted by Gasteiger charge is 2.34. The second-order valence-corrected chi connectivity index (χ2v) is 5.25. The van der Waals surface area contributed by atoms with Gasteiger partial charge in [-0.3, -0.25) is 0 Å². The van der Waals surface area contributed by atoms with Gasteiger partial charge in [0.1, 0.15) is 0 Å². The van der Waals surface area contributed by atoms with Crippen molar-refractivity contribution in [2.24, 2.45) is 11.8 Å². The van der Waals surface area contributed by atoms with E-state index < -0.39 is 0 Å². The minimum absolute atomic E-state index is 0.737. The Bertz CT molecular complexity index is 185. The molecule has 2 aliphatic rings. The zero-order valence-corrected chi connectivity index (χ0v) is 9.79. The molecule has 2 atom stereocenters. The third-order valence-electron chi connectivity index (χ3n) is 4.05. The van der Waals surface area contributed by atoms with Crippen molar-refractivity contribution in [3.8, 4) is 0 Å². The molecule has 0 spiro atoms. The monoisotopic (exact) mass is 196 g/mol. The molecule has 0 aliphatic heterocycles. The molecular weight excluding hydrogens is 172 g/mol. The molecule has 0 amide bonds. The summed E-state index contributed by atoms with van der Waals surface area (Å²) in [6, 6.07) is 1.53. The Hall–Kier alpha value is -0.0800. The second-order valence-electron chi connectivity index (χ2n) is 5.25. The normalized spacial score (nSPS) is 26.6. The van der Waals surface area contributed by atoms with E-state index in [1.807, 2.05) is 0 Å². The van der Waals surface area contributed by atoms with Gasteiger partial charge in [0.05, 0.1) is 0 Å². The third kappa shape index (κ3) is 2.48. The molecule has 2 nitrogen and oxygen atoms in total. The number of nitrogens with one attached hydrogen (secondary N) is 1. The number of hydrogen-bond donors (Lipinski definition) is 1. The molecule has 0 aromatic rings. The summed E-state index contributed by atoms with van der Waals surface area (Å²) in [5.41, 5.74) is 0. The number of rotatable bonds is 6. The highest BCUT2D eigenvalue weighted by Crippen LogP contribution is 2.36.